The summed E-state index contributed by atoms with van der Waals surface area (Å²) in [6.07, 6.45) is -4.57. The van der Waals surface area contributed by atoms with Crippen LogP contribution in [0.5, 0.6) is 0 Å². The fourth-order valence-electron chi connectivity index (χ4n) is 0.732. The number of rotatable bonds is 4. The van der Waals surface area contributed by atoms with Gasteiger partial charge in [-0.05, 0) is 12.8 Å². The van der Waals surface area contributed by atoms with Crippen molar-refractivity contribution in [2.45, 2.75) is 31.5 Å². The third-order valence-corrected chi connectivity index (χ3v) is 1.54. The van der Waals surface area contributed by atoms with Gasteiger partial charge in [-0.3, -0.25) is 4.79 Å². The number of carbonyl (C=O) groups excluding carboxylic acids is 1. The second kappa shape index (κ2) is 5.06. The van der Waals surface area contributed by atoms with Crippen LogP contribution in [-0.4, -0.2) is 25.3 Å². The van der Waals surface area contributed by atoms with Crippen LogP contribution in [0.25, 0.3) is 0 Å². The molecule has 0 unspecified atom stereocenters. The Labute approximate surface area is 74.0 Å². The molecule has 0 rings (SSSR count). The van der Waals surface area contributed by atoms with Gasteiger partial charge < -0.3 is 10.5 Å². The van der Waals surface area contributed by atoms with Crippen molar-refractivity contribution in [2.75, 3.05) is 7.11 Å². The highest BCUT2D eigenvalue weighted by atomic mass is 19.4. The van der Waals surface area contributed by atoms with Gasteiger partial charge in [-0.15, -0.1) is 0 Å². The molecule has 0 fully saturated rings. The van der Waals surface area contributed by atoms with Crippen molar-refractivity contribution in [3.8, 4) is 0 Å². The average molecular weight is 199 g/mol. The molecule has 0 bridgehead atoms. The van der Waals surface area contributed by atoms with E-state index in [9.17, 15) is 18.0 Å². The van der Waals surface area contributed by atoms with E-state index < -0.39 is 18.2 Å². The van der Waals surface area contributed by atoms with Gasteiger partial charge in [0.15, 0.2) is 0 Å². The highest BCUT2D eigenvalue weighted by Gasteiger charge is 2.35. The second-order valence-electron chi connectivity index (χ2n) is 2.62. The number of hydrogen-bond donors (Lipinski definition) is 1. The number of esters is 1. The molecule has 13 heavy (non-hydrogen) atoms. The van der Waals surface area contributed by atoms with Crippen LogP contribution in [0, 0.1) is 0 Å². The topological polar surface area (TPSA) is 52.3 Å². The van der Waals surface area contributed by atoms with Crippen molar-refractivity contribution in [3.63, 3.8) is 0 Å². The Hall–Kier alpha value is -0.780. The van der Waals surface area contributed by atoms with E-state index in [-0.39, 0.29) is 19.3 Å². The number of alkyl halides is 3. The van der Waals surface area contributed by atoms with E-state index in [1.54, 1.807) is 0 Å². The van der Waals surface area contributed by atoms with Gasteiger partial charge in [0, 0.05) is 6.42 Å². The number of halogens is 3. The summed E-state index contributed by atoms with van der Waals surface area (Å²) < 4.78 is 39.7. The van der Waals surface area contributed by atoms with Gasteiger partial charge in [0.2, 0.25) is 0 Å². The quantitative estimate of drug-likeness (QED) is 0.692. The first-order chi connectivity index (χ1) is 5.88. The zero-order valence-corrected chi connectivity index (χ0v) is 7.23. The van der Waals surface area contributed by atoms with E-state index in [4.69, 9.17) is 5.73 Å². The summed E-state index contributed by atoms with van der Waals surface area (Å²) in [6, 6.07) is -1.85. The van der Waals surface area contributed by atoms with Crippen molar-refractivity contribution in [1.82, 2.24) is 0 Å². The molecule has 0 aromatic heterocycles. The minimum absolute atomic E-state index is 0.0275. The number of nitrogens with two attached hydrogens (primary N) is 1. The summed E-state index contributed by atoms with van der Waals surface area (Å²) in [5.74, 6) is -0.519. The molecule has 0 aliphatic heterocycles. The van der Waals surface area contributed by atoms with Crippen molar-refractivity contribution < 1.29 is 22.7 Å². The third-order valence-electron chi connectivity index (χ3n) is 1.54. The van der Waals surface area contributed by atoms with Crippen LogP contribution in [0.3, 0.4) is 0 Å². The number of hydrogen-bond acceptors (Lipinski definition) is 3. The summed E-state index contributed by atoms with van der Waals surface area (Å²) in [6.45, 7) is 0. The molecule has 0 radical (unpaired) electrons. The molecular weight excluding hydrogens is 187 g/mol. The number of carbonyl (C=O) groups is 1. The molecule has 0 amide bonds. The van der Waals surface area contributed by atoms with E-state index in [0.717, 1.165) is 0 Å². The van der Waals surface area contributed by atoms with Crippen molar-refractivity contribution in [1.29, 1.82) is 0 Å². The van der Waals surface area contributed by atoms with Crippen molar-refractivity contribution in [2.24, 2.45) is 5.73 Å². The highest BCUT2D eigenvalue weighted by molar-refractivity contribution is 5.68. The summed E-state index contributed by atoms with van der Waals surface area (Å²) in [5, 5.41) is 0. The molecule has 0 aliphatic rings. The van der Waals surface area contributed by atoms with E-state index in [0.29, 0.717) is 0 Å². The van der Waals surface area contributed by atoms with Crippen LogP contribution in [0.1, 0.15) is 19.3 Å². The predicted molar refractivity (Wildman–Crippen MR) is 39.9 cm³/mol. The van der Waals surface area contributed by atoms with Gasteiger partial charge in [-0.25, -0.2) is 0 Å². The first kappa shape index (κ1) is 12.2. The molecule has 0 aliphatic carbocycles. The van der Waals surface area contributed by atoms with Gasteiger partial charge in [0.1, 0.15) is 6.04 Å². The van der Waals surface area contributed by atoms with E-state index in [2.05, 4.69) is 4.74 Å². The van der Waals surface area contributed by atoms with Gasteiger partial charge in [-0.1, -0.05) is 0 Å². The van der Waals surface area contributed by atoms with Crippen LogP contribution in [0.4, 0.5) is 13.2 Å². The summed E-state index contributed by atoms with van der Waals surface area (Å²) in [4.78, 5) is 10.5. The lowest BCUT2D eigenvalue weighted by Gasteiger charge is -2.14. The molecule has 1 atom stereocenters. The van der Waals surface area contributed by atoms with Gasteiger partial charge in [-0.2, -0.15) is 13.2 Å². The molecule has 0 saturated carbocycles. The molecule has 2 N–H and O–H groups in total. The van der Waals surface area contributed by atoms with Crippen LogP contribution in [0.15, 0.2) is 0 Å². The van der Waals surface area contributed by atoms with Crippen molar-refractivity contribution >= 4 is 5.97 Å². The van der Waals surface area contributed by atoms with Gasteiger partial charge in [0.05, 0.1) is 7.11 Å². The molecule has 0 aromatic rings. The molecular formula is C7H12F3NO2. The standard InChI is InChI=1S/C7H12F3NO2/c1-13-6(12)4-2-3-5(11)7(8,9)10/h5H,2-4,11H2,1H3/t5-/m1/s1. The molecule has 0 saturated heterocycles. The lowest BCUT2D eigenvalue weighted by molar-refractivity contribution is -0.151. The Bertz CT molecular complexity index is 170. The first-order valence-electron chi connectivity index (χ1n) is 3.77. The Morgan fingerprint density at radius 2 is 2.08 bits per heavy atom. The zero-order valence-electron chi connectivity index (χ0n) is 7.23. The highest BCUT2D eigenvalue weighted by Crippen LogP contribution is 2.21. The summed E-state index contributed by atoms with van der Waals surface area (Å²) in [7, 11) is 1.19. The van der Waals surface area contributed by atoms with Gasteiger partial charge >= 0.3 is 12.1 Å². The summed E-state index contributed by atoms with van der Waals surface area (Å²) >= 11 is 0. The zero-order chi connectivity index (χ0) is 10.5. The average Bonchev–Trinajstić information content (AvgIpc) is 2.02. The van der Waals surface area contributed by atoms with E-state index in [1.165, 1.54) is 7.11 Å². The van der Waals surface area contributed by atoms with Crippen LogP contribution < -0.4 is 5.73 Å². The predicted octanol–water partition coefficient (Wildman–Crippen LogP) is 1.22. The van der Waals surface area contributed by atoms with E-state index in [1.807, 2.05) is 0 Å². The second-order valence-corrected chi connectivity index (χ2v) is 2.62. The van der Waals surface area contributed by atoms with Crippen LogP contribution >= 0.6 is 0 Å². The maximum Gasteiger partial charge on any atom is 0.403 e. The first-order valence-corrected chi connectivity index (χ1v) is 3.77. The lowest BCUT2D eigenvalue weighted by atomic mass is 10.1. The monoisotopic (exact) mass is 199 g/mol. The molecule has 78 valence electrons. The Kier molecular flexibility index (Phi) is 4.76. The molecule has 0 heterocycles. The Balaban J connectivity index is 3.60. The van der Waals surface area contributed by atoms with E-state index >= 15 is 0 Å². The fraction of sp³-hybridized carbons (Fsp3) is 0.857. The maximum absolute atomic E-state index is 11.8. The summed E-state index contributed by atoms with van der Waals surface area (Å²) in [5.41, 5.74) is 4.80. The Morgan fingerprint density at radius 1 is 1.54 bits per heavy atom. The molecule has 3 nitrogen and oxygen atoms in total. The largest absolute Gasteiger partial charge is 0.469 e. The van der Waals surface area contributed by atoms with Crippen LogP contribution in [-0.2, 0) is 9.53 Å². The minimum atomic E-state index is -4.38. The van der Waals surface area contributed by atoms with Crippen molar-refractivity contribution in [3.05, 3.63) is 0 Å². The van der Waals surface area contributed by atoms with Crippen LogP contribution in [0.2, 0.25) is 0 Å². The SMILES string of the molecule is COC(=O)CCC[C@@H](N)C(F)(F)F. The molecule has 0 aromatic carbocycles. The number of methoxy groups -OCH3 is 1. The number of ether oxygens (including phenoxy) is 1. The fourth-order valence-corrected chi connectivity index (χ4v) is 0.732. The molecule has 0 spiro atoms. The normalized spacial score (nSPS) is 13.9. The lowest BCUT2D eigenvalue weighted by Crippen LogP contribution is -2.37. The molecule has 6 heteroatoms. The third kappa shape index (κ3) is 5.46. The smallest absolute Gasteiger partial charge is 0.403 e. The minimum Gasteiger partial charge on any atom is -0.469 e. The van der Waals surface area contributed by atoms with Gasteiger partial charge in [0.25, 0.3) is 0 Å². The Morgan fingerprint density at radius 3 is 2.46 bits per heavy atom. The maximum atomic E-state index is 11.8.